The van der Waals surface area contributed by atoms with Crippen LogP contribution in [-0.4, -0.2) is 12.6 Å². The minimum atomic E-state index is 0.576. The molecule has 100 valence electrons. The van der Waals surface area contributed by atoms with Crippen molar-refractivity contribution in [3.63, 3.8) is 0 Å². The number of halogens is 1. The van der Waals surface area contributed by atoms with Crippen LogP contribution in [0.15, 0.2) is 46.3 Å². The lowest BCUT2D eigenvalue weighted by molar-refractivity contribution is 0.580. The Balaban J connectivity index is 1.71. The highest BCUT2D eigenvalue weighted by Crippen LogP contribution is 2.28. The Bertz CT molecular complexity index is 519. The van der Waals surface area contributed by atoms with Crippen molar-refractivity contribution in [2.45, 2.75) is 31.2 Å². The summed E-state index contributed by atoms with van der Waals surface area (Å²) in [7, 11) is 0. The molecule has 0 saturated heterocycles. The van der Waals surface area contributed by atoms with Gasteiger partial charge in [-0.15, -0.1) is 11.3 Å². The molecule has 19 heavy (non-hydrogen) atoms. The van der Waals surface area contributed by atoms with Crippen molar-refractivity contribution in [1.29, 1.82) is 0 Å². The molecule has 1 aliphatic rings. The highest BCUT2D eigenvalue weighted by Gasteiger charge is 2.22. The molecular formula is C16H18BrNS. The minimum Gasteiger partial charge on any atom is -0.313 e. The maximum Gasteiger partial charge on any atom is 0.0285 e. The topological polar surface area (TPSA) is 12.0 Å². The third-order valence-corrected chi connectivity index (χ3v) is 5.29. The molecule has 1 unspecified atom stereocenters. The monoisotopic (exact) mass is 335 g/mol. The first-order chi connectivity index (χ1) is 9.31. The van der Waals surface area contributed by atoms with E-state index in [1.165, 1.54) is 27.8 Å². The number of hydrogen-bond acceptors (Lipinski definition) is 2. The van der Waals surface area contributed by atoms with E-state index < -0.39 is 0 Å². The zero-order chi connectivity index (χ0) is 13.1. The standard InChI is InChI=1S/C16H18BrNS/c17-14-9-16(19-11-14)8-13(10-18-15-6-7-15)12-4-2-1-3-5-12/h1-5,9,11,13,15,18H,6-8,10H2. The first-order valence-electron chi connectivity index (χ1n) is 6.82. The summed E-state index contributed by atoms with van der Waals surface area (Å²) >= 11 is 5.39. The van der Waals surface area contributed by atoms with Crippen molar-refractivity contribution < 1.29 is 0 Å². The summed E-state index contributed by atoms with van der Waals surface area (Å²) < 4.78 is 1.20. The van der Waals surface area contributed by atoms with E-state index in [4.69, 9.17) is 0 Å². The van der Waals surface area contributed by atoms with Gasteiger partial charge >= 0.3 is 0 Å². The fourth-order valence-corrected chi connectivity index (χ4v) is 3.87. The van der Waals surface area contributed by atoms with Crippen LogP contribution in [0.3, 0.4) is 0 Å². The fraction of sp³-hybridized carbons (Fsp3) is 0.375. The van der Waals surface area contributed by atoms with Crippen molar-refractivity contribution in [3.05, 3.63) is 56.7 Å². The molecule has 0 bridgehead atoms. The van der Waals surface area contributed by atoms with Gasteiger partial charge in [0.25, 0.3) is 0 Å². The predicted molar refractivity (Wildman–Crippen MR) is 85.9 cm³/mol. The molecule has 1 saturated carbocycles. The first kappa shape index (κ1) is 13.3. The van der Waals surface area contributed by atoms with Crippen LogP contribution in [-0.2, 0) is 6.42 Å². The summed E-state index contributed by atoms with van der Waals surface area (Å²) in [6, 6.07) is 13.9. The summed E-state index contributed by atoms with van der Waals surface area (Å²) in [6.07, 6.45) is 3.83. The lowest BCUT2D eigenvalue weighted by atomic mass is 9.95. The molecule has 0 radical (unpaired) electrons. The number of rotatable bonds is 6. The third-order valence-electron chi connectivity index (χ3n) is 3.57. The van der Waals surface area contributed by atoms with Gasteiger partial charge in [0.2, 0.25) is 0 Å². The SMILES string of the molecule is Brc1csc(CC(CNC2CC2)c2ccccc2)c1. The highest BCUT2D eigenvalue weighted by molar-refractivity contribution is 9.10. The van der Waals surface area contributed by atoms with Gasteiger partial charge in [-0.2, -0.15) is 0 Å². The van der Waals surface area contributed by atoms with Crippen molar-refractivity contribution in [1.82, 2.24) is 5.32 Å². The molecule has 3 rings (SSSR count). The molecule has 3 heteroatoms. The number of nitrogens with one attached hydrogen (secondary N) is 1. The van der Waals surface area contributed by atoms with Crippen LogP contribution >= 0.6 is 27.3 Å². The van der Waals surface area contributed by atoms with Crippen LogP contribution in [0.5, 0.6) is 0 Å². The molecule has 2 aromatic rings. The average Bonchev–Trinajstić information content (AvgIpc) is 3.18. The Morgan fingerprint density at radius 1 is 1.26 bits per heavy atom. The van der Waals surface area contributed by atoms with Gasteiger partial charge in [0, 0.05) is 33.2 Å². The lowest BCUT2D eigenvalue weighted by Gasteiger charge is -2.17. The molecule has 1 heterocycles. The van der Waals surface area contributed by atoms with E-state index in [2.05, 4.69) is 63.0 Å². The molecular weight excluding hydrogens is 318 g/mol. The molecule has 1 fully saturated rings. The Morgan fingerprint density at radius 2 is 2.05 bits per heavy atom. The highest BCUT2D eigenvalue weighted by atomic mass is 79.9. The second-order valence-electron chi connectivity index (χ2n) is 5.23. The summed E-state index contributed by atoms with van der Waals surface area (Å²) in [5, 5.41) is 5.85. The Labute approximate surface area is 127 Å². The molecule has 0 aliphatic heterocycles. The average molecular weight is 336 g/mol. The second-order valence-corrected chi connectivity index (χ2v) is 7.14. The van der Waals surface area contributed by atoms with Crippen LogP contribution in [0, 0.1) is 0 Å². The van der Waals surface area contributed by atoms with Crippen molar-refractivity contribution >= 4 is 27.3 Å². The van der Waals surface area contributed by atoms with E-state index in [0.29, 0.717) is 5.92 Å². The van der Waals surface area contributed by atoms with E-state index in [-0.39, 0.29) is 0 Å². The zero-order valence-electron chi connectivity index (χ0n) is 10.8. The van der Waals surface area contributed by atoms with Gasteiger partial charge in [0.1, 0.15) is 0 Å². The van der Waals surface area contributed by atoms with Crippen LogP contribution in [0.2, 0.25) is 0 Å². The molecule has 1 N–H and O–H groups in total. The maximum atomic E-state index is 3.68. The summed E-state index contributed by atoms with van der Waals surface area (Å²) in [4.78, 5) is 1.46. The minimum absolute atomic E-state index is 0.576. The van der Waals surface area contributed by atoms with Gasteiger partial charge in [0.05, 0.1) is 0 Å². The summed E-state index contributed by atoms with van der Waals surface area (Å²) in [5.41, 5.74) is 1.44. The molecule has 1 aliphatic carbocycles. The van der Waals surface area contributed by atoms with Gasteiger partial charge in [-0.05, 0) is 46.8 Å². The van der Waals surface area contributed by atoms with E-state index in [1.807, 2.05) is 11.3 Å². The van der Waals surface area contributed by atoms with Crippen molar-refractivity contribution in [3.8, 4) is 0 Å². The predicted octanol–water partition coefficient (Wildman–Crippen LogP) is 4.59. The smallest absolute Gasteiger partial charge is 0.0285 e. The van der Waals surface area contributed by atoms with Crippen molar-refractivity contribution in [2.24, 2.45) is 0 Å². The quantitative estimate of drug-likeness (QED) is 0.814. The van der Waals surface area contributed by atoms with Crippen LogP contribution in [0.1, 0.15) is 29.2 Å². The number of benzene rings is 1. The fourth-order valence-electron chi connectivity index (χ4n) is 2.33. The largest absolute Gasteiger partial charge is 0.313 e. The van der Waals surface area contributed by atoms with Crippen molar-refractivity contribution in [2.75, 3.05) is 6.54 Å². The van der Waals surface area contributed by atoms with Crippen LogP contribution < -0.4 is 5.32 Å². The van der Waals surface area contributed by atoms with Gasteiger partial charge in [-0.1, -0.05) is 30.3 Å². The van der Waals surface area contributed by atoms with Gasteiger partial charge in [-0.25, -0.2) is 0 Å². The maximum absolute atomic E-state index is 3.68. The number of hydrogen-bond donors (Lipinski definition) is 1. The van der Waals surface area contributed by atoms with E-state index in [1.54, 1.807) is 0 Å². The van der Waals surface area contributed by atoms with Gasteiger partial charge in [0.15, 0.2) is 0 Å². The Kier molecular flexibility index (Phi) is 4.36. The molecule has 0 spiro atoms. The number of thiophene rings is 1. The normalized spacial score (nSPS) is 16.5. The zero-order valence-corrected chi connectivity index (χ0v) is 13.2. The second kappa shape index (κ2) is 6.21. The summed E-state index contributed by atoms with van der Waals surface area (Å²) in [5.74, 6) is 0.576. The summed E-state index contributed by atoms with van der Waals surface area (Å²) in [6.45, 7) is 1.09. The van der Waals surface area contributed by atoms with E-state index in [9.17, 15) is 0 Å². The first-order valence-corrected chi connectivity index (χ1v) is 8.50. The van der Waals surface area contributed by atoms with Gasteiger partial charge < -0.3 is 5.32 Å². The molecule has 0 amide bonds. The Hall–Kier alpha value is -0.640. The van der Waals surface area contributed by atoms with E-state index in [0.717, 1.165) is 19.0 Å². The van der Waals surface area contributed by atoms with Crippen LogP contribution in [0.4, 0.5) is 0 Å². The Morgan fingerprint density at radius 3 is 2.68 bits per heavy atom. The molecule has 1 atom stereocenters. The molecule has 1 aromatic carbocycles. The lowest BCUT2D eigenvalue weighted by Crippen LogP contribution is -2.24. The van der Waals surface area contributed by atoms with E-state index >= 15 is 0 Å². The third kappa shape index (κ3) is 3.91. The van der Waals surface area contributed by atoms with Gasteiger partial charge in [-0.3, -0.25) is 0 Å². The molecule has 1 aromatic heterocycles. The van der Waals surface area contributed by atoms with Crippen LogP contribution in [0.25, 0.3) is 0 Å². The molecule has 1 nitrogen and oxygen atoms in total.